The van der Waals surface area contributed by atoms with E-state index in [0.717, 1.165) is 25.2 Å². The van der Waals surface area contributed by atoms with Crippen molar-refractivity contribution >= 4 is 23.2 Å². The van der Waals surface area contributed by atoms with Gasteiger partial charge in [0.1, 0.15) is 5.75 Å². The van der Waals surface area contributed by atoms with E-state index in [4.69, 9.17) is 4.74 Å². The zero-order chi connectivity index (χ0) is 19.8. The summed E-state index contributed by atoms with van der Waals surface area (Å²) < 4.78 is 5.21. The van der Waals surface area contributed by atoms with Crippen molar-refractivity contribution in [2.75, 3.05) is 30.8 Å². The van der Waals surface area contributed by atoms with Crippen molar-refractivity contribution < 1.29 is 14.3 Å². The fraction of sp³-hybridized carbons (Fsp3) is 0.333. The van der Waals surface area contributed by atoms with Gasteiger partial charge >= 0.3 is 0 Å². The summed E-state index contributed by atoms with van der Waals surface area (Å²) in [5.74, 6) is 0.134. The molecule has 0 spiro atoms. The number of carbonyl (C=O) groups excluding carboxylic acids is 2. The number of methoxy groups -OCH3 is 1. The van der Waals surface area contributed by atoms with Crippen molar-refractivity contribution in [1.82, 2.24) is 4.90 Å². The van der Waals surface area contributed by atoms with Gasteiger partial charge in [-0.1, -0.05) is 26.0 Å². The number of rotatable bonds is 8. The molecule has 0 saturated carbocycles. The Morgan fingerprint density at radius 1 is 0.963 bits per heavy atom. The van der Waals surface area contributed by atoms with Crippen LogP contribution in [0.25, 0.3) is 0 Å². The van der Waals surface area contributed by atoms with Crippen LogP contribution in [-0.2, 0) is 11.3 Å². The van der Waals surface area contributed by atoms with E-state index in [2.05, 4.69) is 29.4 Å². The minimum Gasteiger partial charge on any atom is -0.497 e. The summed E-state index contributed by atoms with van der Waals surface area (Å²) >= 11 is 0. The van der Waals surface area contributed by atoms with Gasteiger partial charge in [0.2, 0.25) is 5.91 Å². The molecule has 2 amide bonds. The highest BCUT2D eigenvalue weighted by Gasteiger charge is 2.12. The molecule has 2 N–H and O–H groups in total. The van der Waals surface area contributed by atoms with Gasteiger partial charge in [-0.3, -0.25) is 14.5 Å². The standard InChI is InChI=1S/C21H27N3O3/c1-5-24(6-2)14-16-7-9-17(10-8-16)21(26)23-20-13-18(27-4)11-12-19(20)22-15(3)25/h7-13H,5-6,14H2,1-4H3,(H,22,25)(H,23,26). The van der Waals surface area contributed by atoms with Crippen LogP contribution in [-0.4, -0.2) is 36.9 Å². The van der Waals surface area contributed by atoms with E-state index in [-0.39, 0.29) is 11.8 Å². The van der Waals surface area contributed by atoms with Crippen LogP contribution in [0.15, 0.2) is 42.5 Å². The molecule has 144 valence electrons. The molecular formula is C21H27N3O3. The maximum atomic E-state index is 12.6. The van der Waals surface area contributed by atoms with Crippen molar-refractivity contribution in [1.29, 1.82) is 0 Å². The number of ether oxygens (including phenoxy) is 1. The molecule has 6 nitrogen and oxygen atoms in total. The van der Waals surface area contributed by atoms with E-state index < -0.39 is 0 Å². The van der Waals surface area contributed by atoms with Gasteiger partial charge in [-0.05, 0) is 42.9 Å². The van der Waals surface area contributed by atoms with Gasteiger partial charge in [0.25, 0.3) is 5.91 Å². The summed E-state index contributed by atoms with van der Waals surface area (Å²) in [6, 6.07) is 12.7. The first-order chi connectivity index (χ1) is 13.0. The van der Waals surface area contributed by atoms with Gasteiger partial charge in [0, 0.05) is 25.1 Å². The monoisotopic (exact) mass is 369 g/mol. The Morgan fingerprint density at radius 2 is 1.63 bits per heavy atom. The van der Waals surface area contributed by atoms with Crippen LogP contribution in [0.2, 0.25) is 0 Å². The number of benzene rings is 2. The highest BCUT2D eigenvalue weighted by Crippen LogP contribution is 2.27. The average Bonchev–Trinajstić information content (AvgIpc) is 2.67. The number of nitrogens with zero attached hydrogens (tertiary/aromatic N) is 1. The molecule has 6 heteroatoms. The Kier molecular flexibility index (Phi) is 7.37. The van der Waals surface area contributed by atoms with Gasteiger partial charge < -0.3 is 15.4 Å². The van der Waals surface area contributed by atoms with Crippen molar-refractivity contribution in [3.8, 4) is 5.75 Å². The highest BCUT2D eigenvalue weighted by molar-refractivity contribution is 6.07. The van der Waals surface area contributed by atoms with Gasteiger partial charge in [-0.15, -0.1) is 0 Å². The summed E-state index contributed by atoms with van der Waals surface area (Å²) in [6.45, 7) is 8.52. The lowest BCUT2D eigenvalue weighted by Gasteiger charge is -2.18. The smallest absolute Gasteiger partial charge is 0.255 e. The molecule has 27 heavy (non-hydrogen) atoms. The Hall–Kier alpha value is -2.86. The zero-order valence-corrected chi connectivity index (χ0v) is 16.3. The molecule has 0 radical (unpaired) electrons. The number of anilines is 2. The lowest BCUT2D eigenvalue weighted by molar-refractivity contribution is -0.114. The van der Waals surface area contributed by atoms with Crippen LogP contribution in [0.3, 0.4) is 0 Å². The summed E-state index contributed by atoms with van der Waals surface area (Å²) in [5.41, 5.74) is 2.72. The van der Waals surface area contributed by atoms with Crippen LogP contribution < -0.4 is 15.4 Å². The van der Waals surface area contributed by atoms with Gasteiger partial charge in [-0.2, -0.15) is 0 Å². The average molecular weight is 369 g/mol. The Morgan fingerprint density at radius 3 is 2.19 bits per heavy atom. The maximum Gasteiger partial charge on any atom is 0.255 e. The molecule has 2 aromatic rings. The fourth-order valence-electron chi connectivity index (χ4n) is 2.71. The molecule has 0 aromatic heterocycles. The normalized spacial score (nSPS) is 10.6. The van der Waals surface area contributed by atoms with Crippen molar-refractivity contribution in [2.45, 2.75) is 27.3 Å². The van der Waals surface area contributed by atoms with Crippen LogP contribution in [0.1, 0.15) is 36.7 Å². The summed E-state index contributed by atoms with van der Waals surface area (Å²) in [5, 5.41) is 5.56. The van der Waals surface area contributed by atoms with E-state index in [1.165, 1.54) is 6.92 Å². The van der Waals surface area contributed by atoms with E-state index in [0.29, 0.717) is 22.7 Å². The van der Waals surface area contributed by atoms with Gasteiger partial charge in [0.15, 0.2) is 0 Å². The van der Waals surface area contributed by atoms with Crippen molar-refractivity contribution in [3.05, 3.63) is 53.6 Å². The zero-order valence-electron chi connectivity index (χ0n) is 16.3. The van der Waals surface area contributed by atoms with Crippen LogP contribution in [0.5, 0.6) is 5.75 Å². The Labute approximate surface area is 160 Å². The van der Waals surface area contributed by atoms with Crippen LogP contribution in [0, 0.1) is 0 Å². The largest absolute Gasteiger partial charge is 0.497 e. The molecule has 0 fully saturated rings. The third kappa shape index (κ3) is 5.82. The summed E-state index contributed by atoms with van der Waals surface area (Å²) in [6.07, 6.45) is 0. The molecular weight excluding hydrogens is 342 g/mol. The topological polar surface area (TPSA) is 70.7 Å². The molecule has 0 bridgehead atoms. The van der Waals surface area contributed by atoms with E-state index >= 15 is 0 Å². The van der Waals surface area contributed by atoms with Crippen molar-refractivity contribution in [2.24, 2.45) is 0 Å². The second-order valence-electron chi connectivity index (χ2n) is 6.21. The highest BCUT2D eigenvalue weighted by atomic mass is 16.5. The van der Waals surface area contributed by atoms with E-state index in [9.17, 15) is 9.59 Å². The molecule has 0 heterocycles. The number of hydrogen-bond donors (Lipinski definition) is 2. The summed E-state index contributed by atoms with van der Waals surface area (Å²) in [4.78, 5) is 26.3. The third-order valence-corrected chi connectivity index (χ3v) is 4.30. The molecule has 0 atom stereocenters. The number of carbonyl (C=O) groups is 2. The maximum absolute atomic E-state index is 12.6. The van der Waals surface area contributed by atoms with Gasteiger partial charge in [0.05, 0.1) is 18.5 Å². The molecule has 0 aliphatic heterocycles. The van der Waals surface area contributed by atoms with E-state index in [1.807, 2.05) is 24.3 Å². The van der Waals surface area contributed by atoms with Crippen LogP contribution in [0.4, 0.5) is 11.4 Å². The summed E-state index contributed by atoms with van der Waals surface area (Å²) in [7, 11) is 1.55. The molecule has 0 unspecified atom stereocenters. The SMILES string of the molecule is CCN(CC)Cc1ccc(C(=O)Nc2cc(OC)ccc2NC(C)=O)cc1. The predicted octanol–water partition coefficient (Wildman–Crippen LogP) is 3.75. The van der Waals surface area contributed by atoms with Crippen molar-refractivity contribution in [3.63, 3.8) is 0 Å². The number of nitrogens with one attached hydrogen (secondary N) is 2. The van der Waals surface area contributed by atoms with E-state index in [1.54, 1.807) is 25.3 Å². The predicted molar refractivity (Wildman–Crippen MR) is 108 cm³/mol. The number of amides is 2. The minimum atomic E-state index is -0.246. The lowest BCUT2D eigenvalue weighted by Crippen LogP contribution is -2.22. The molecule has 0 aliphatic rings. The second kappa shape index (κ2) is 9.73. The third-order valence-electron chi connectivity index (χ3n) is 4.30. The molecule has 0 saturated heterocycles. The minimum absolute atomic E-state index is 0.212. The molecule has 0 aliphatic carbocycles. The van der Waals surface area contributed by atoms with Crippen LogP contribution >= 0.6 is 0 Å². The Bertz CT molecular complexity index is 784. The quantitative estimate of drug-likeness (QED) is 0.743. The number of hydrogen-bond acceptors (Lipinski definition) is 4. The Balaban J connectivity index is 2.15. The second-order valence-corrected chi connectivity index (χ2v) is 6.21. The fourth-order valence-corrected chi connectivity index (χ4v) is 2.71. The molecule has 2 rings (SSSR count). The first kappa shape index (κ1) is 20.5. The lowest BCUT2D eigenvalue weighted by atomic mass is 10.1. The first-order valence-electron chi connectivity index (χ1n) is 9.05. The first-order valence-corrected chi connectivity index (χ1v) is 9.05. The van der Waals surface area contributed by atoms with Gasteiger partial charge in [-0.25, -0.2) is 0 Å². The molecule has 2 aromatic carbocycles.